The first-order valence-electron chi connectivity index (χ1n) is 6.86. The molecule has 1 aliphatic rings. The third kappa shape index (κ3) is 4.05. The molecule has 6 heteroatoms. The van der Waals surface area contributed by atoms with E-state index in [0.29, 0.717) is 19.4 Å². The number of rotatable bonds is 6. The number of carbonyl (C=O) groups is 2. The van der Waals surface area contributed by atoms with Gasteiger partial charge >= 0.3 is 5.97 Å². The van der Waals surface area contributed by atoms with Crippen LogP contribution in [0.1, 0.15) is 25.3 Å². The maximum atomic E-state index is 11.9. The number of benzene rings is 1. The van der Waals surface area contributed by atoms with E-state index in [0.717, 1.165) is 11.3 Å². The van der Waals surface area contributed by atoms with Crippen LogP contribution in [0, 0.1) is 5.92 Å². The molecular formula is C15H18N2O4. The van der Waals surface area contributed by atoms with Gasteiger partial charge in [0.2, 0.25) is 6.10 Å². The van der Waals surface area contributed by atoms with Crippen LogP contribution in [0.5, 0.6) is 0 Å². The largest absolute Gasteiger partial charge is 0.481 e. The topological polar surface area (TPSA) is 88.0 Å². The van der Waals surface area contributed by atoms with Crippen molar-refractivity contribution >= 4 is 17.6 Å². The molecule has 0 aliphatic carbocycles. The molecule has 0 bridgehead atoms. The second kappa shape index (κ2) is 6.88. The molecule has 1 aliphatic heterocycles. The number of carbonyl (C=O) groups excluding carboxylic acids is 1. The Morgan fingerprint density at radius 3 is 2.81 bits per heavy atom. The fourth-order valence-electron chi connectivity index (χ4n) is 1.97. The Morgan fingerprint density at radius 1 is 1.43 bits per heavy atom. The highest BCUT2D eigenvalue weighted by Gasteiger charge is 2.28. The molecule has 1 aromatic rings. The molecule has 6 nitrogen and oxygen atoms in total. The van der Waals surface area contributed by atoms with Crippen molar-refractivity contribution in [2.75, 3.05) is 6.54 Å². The van der Waals surface area contributed by atoms with Gasteiger partial charge in [-0.2, -0.15) is 0 Å². The number of amides is 1. The lowest BCUT2D eigenvalue weighted by Crippen LogP contribution is -2.36. The predicted octanol–water partition coefficient (Wildman–Crippen LogP) is 1.41. The Morgan fingerprint density at radius 2 is 2.14 bits per heavy atom. The van der Waals surface area contributed by atoms with Gasteiger partial charge in [-0.1, -0.05) is 42.4 Å². The Balaban J connectivity index is 1.78. The minimum atomic E-state index is -0.865. The summed E-state index contributed by atoms with van der Waals surface area (Å²) in [5.41, 5.74) is 1.68. The Labute approximate surface area is 122 Å². The van der Waals surface area contributed by atoms with Crippen LogP contribution in [0.2, 0.25) is 0 Å². The van der Waals surface area contributed by atoms with Crippen molar-refractivity contribution in [1.82, 2.24) is 5.32 Å². The van der Waals surface area contributed by atoms with Crippen LogP contribution in [0.15, 0.2) is 35.5 Å². The lowest BCUT2D eigenvalue weighted by molar-refractivity contribution is -0.141. The third-order valence-corrected chi connectivity index (χ3v) is 3.37. The molecule has 2 N–H and O–H groups in total. The van der Waals surface area contributed by atoms with Crippen LogP contribution in [-0.2, 0) is 14.4 Å². The van der Waals surface area contributed by atoms with E-state index in [1.807, 2.05) is 30.3 Å². The van der Waals surface area contributed by atoms with Crippen LogP contribution in [0.3, 0.4) is 0 Å². The maximum absolute atomic E-state index is 11.9. The average molecular weight is 290 g/mol. The minimum Gasteiger partial charge on any atom is -0.481 e. The van der Waals surface area contributed by atoms with Crippen LogP contribution in [0.25, 0.3) is 0 Å². The van der Waals surface area contributed by atoms with Gasteiger partial charge in [0.25, 0.3) is 5.91 Å². The summed E-state index contributed by atoms with van der Waals surface area (Å²) in [6.07, 6.45) is 0.171. The normalized spacial score (nSPS) is 18.5. The lowest BCUT2D eigenvalue weighted by atomic mass is 10.0. The van der Waals surface area contributed by atoms with E-state index in [1.165, 1.54) is 0 Å². The van der Waals surface area contributed by atoms with E-state index in [4.69, 9.17) is 9.94 Å². The van der Waals surface area contributed by atoms with Crippen LogP contribution in [-0.4, -0.2) is 35.3 Å². The van der Waals surface area contributed by atoms with Gasteiger partial charge in [-0.05, 0) is 12.0 Å². The Bertz CT molecular complexity index is 542. The zero-order valence-electron chi connectivity index (χ0n) is 11.8. The lowest BCUT2D eigenvalue weighted by Gasteiger charge is -2.10. The molecule has 1 amide bonds. The molecular weight excluding hydrogens is 272 g/mol. The first-order chi connectivity index (χ1) is 10.1. The molecule has 112 valence electrons. The predicted molar refractivity (Wildman–Crippen MR) is 76.9 cm³/mol. The average Bonchev–Trinajstić information content (AvgIpc) is 2.97. The first kappa shape index (κ1) is 15.0. The highest BCUT2D eigenvalue weighted by Crippen LogP contribution is 2.16. The van der Waals surface area contributed by atoms with Crippen LogP contribution in [0.4, 0.5) is 0 Å². The van der Waals surface area contributed by atoms with Crippen LogP contribution < -0.4 is 5.32 Å². The van der Waals surface area contributed by atoms with Crippen molar-refractivity contribution < 1.29 is 19.5 Å². The van der Waals surface area contributed by atoms with Gasteiger partial charge in [0.05, 0.1) is 11.6 Å². The van der Waals surface area contributed by atoms with E-state index in [2.05, 4.69) is 10.5 Å². The molecule has 0 spiro atoms. The van der Waals surface area contributed by atoms with E-state index < -0.39 is 18.0 Å². The summed E-state index contributed by atoms with van der Waals surface area (Å²) in [5.74, 6) is -1.61. The van der Waals surface area contributed by atoms with Crippen molar-refractivity contribution in [3.63, 3.8) is 0 Å². The number of oxime groups is 1. The van der Waals surface area contributed by atoms with Crippen molar-refractivity contribution in [2.45, 2.75) is 25.9 Å². The van der Waals surface area contributed by atoms with Crippen molar-refractivity contribution in [3.05, 3.63) is 35.9 Å². The van der Waals surface area contributed by atoms with Crippen LogP contribution >= 0.6 is 0 Å². The van der Waals surface area contributed by atoms with Gasteiger partial charge in [-0.15, -0.1) is 0 Å². The SMILES string of the molecule is CC(CCNC(=O)C1CC(c2ccccc2)=NO1)C(=O)O. The highest BCUT2D eigenvalue weighted by molar-refractivity contribution is 6.04. The number of hydrogen-bond acceptors (Lipinski definition) is 4. The molecule has 0 saturated heterocycles. The fourth-order valence-corrected chi connectivity index (χ4v) is 1.97. The smallest absolute Gasteiger partial charge is 0.306 e. The standard InChI is InChI=1S/C15H18N2O4/c1-10(15(19)20)7-8-16-14(18)13-9-12(17-21-13)11-5-3-2-4-6-11/h2-6,10,13H,7-9H2,1H3,(H,16,18)(H,19,20). The monoisotopic (exact) mass is 290 g/mol. The maximum Gasteiger partial charge on any atom is 0.306 e. The van der Waals surface area contributed by atoms with Crippen molar-refractivity contribution in [3.8, 4) is 0 Å². The summed E-state index contributed by atoms with van der Waals surface area (Å²) < 4.78 is 0. The quantitative estimate of drug-likeness (QED) is 0.829. The van der Waals surface area contributed by atoms with Gasteiger partial charge in [-0.3, -0.25) is 9.59 Å². The van der Waals surface area contributed by atoms with Gasteiger partial charge < -0.3 is 15.3 Å². The second-order valence-electron chi connectivity index (χ2n) is 5.02. The molecule has 2 unspecified atom stereocenters. The Hall–Kier alpha value is -2.37. The van der Waals surface area contributed by atoms with E-state index in [1.54, 1.807) is 6.92 Å². The van der Waals surface area contributed by atoms with E-state index >= 15 is 0 Å². The highest BCUT2D eigenvalue weighted by atomic mass is 16.6. The van der Waals surface area contributed by atoms with Gasteiger partial charge in [-0.25, -0.2) is 0 Å². The number of nitrogens with one attached hydrogen (secondary N) is 1. The van der Waals surface area contributed by atoms with Crippen molar-refractivity contribution in [1.29, 1.82) is 0 Å². The first-order valence-corrected chi connectivity index (χ1v) is 6.86. The molecule has 0 radical (unpaired) electrons. The minimum absolute atomic E-state index is 0.262. The zero-order valence-corrected chi connectivity index (χ0v) is 11.8. The number of carboxylic acids is 1. The molecule has 21 heavy (non-hydrogen) atoms. The number of nitrogens with zero attached hydrogens (tertiary/aromatic N) is 1. The molecule has 0 fully saturated rings. The number of hydrogen-bond donors (Lipinski definition) is 2. The molecule has 0 saturated carbocycles. The molecule has 2 rings (SSSR count). The summed E-state index contributed by atoms with van der Waals surface area (Å²) in [4.78, 5) is 27.7. The zero-order chi connectivity index (χ0) is 15.2. The van der Waals surface area contributed by atoms with E-state index in [9.17, 15) is 9.59 Å². The Kier molecular flexibility index (Phi) is 4.92. The molecule has 2 atom stereocenters. The third-order valence-electron chi connectivity index (χ3n) is 3.37. The van der Waals surface area contributed by atoms with Gasteiger partial charge in [0, 0.05) is 13.0 Å². The summed E-state index contributed by atoms with van der Waals surface area (Å²) in [6, 6.07) is 9.54. The van der Waals surface area contributed by atoms with Gasteiger partial charge in [0.1, 0.15) is 0 Å². The fraction of sp³-hybridized carbons (Fsp3) is 0.400. The number of carboxylic acid groups (broad SMARTS) is 1. The molecule has 1 heterocycles. The number of aliphatic carboxylic acids is 1. The van der Waals surface area contributed by atoms with Crippen molar-refractivity contribution in [2.24, 2.45) is 11.1 Å². The summed E-state index contributed by atoms with van der Waals surface area (Å²) in [7, 11) is 0. The van der Waals surface area contributed by atoms with Gasteiger partial charge in [0.15, 0.2) is 0 Å². The summed E-state index contributed by atoms with van der Waals surface area (Å²) >= 11 is 0. The second-order valence-corrected chi connectivity index (χ2v) is 5.02. The molecule has 0 aromatic heterocycles. The summed E-state index contributed by atoms with van der Waals surface area (Å²) in [6.45, 7) is 1.92. The summed E-state index contributed by atoms with van der Waals surface area (Å²) in [5, 5.41) is 15.4. The molecule has 1 aromatic carbocycles. The van der Waals surface area contributed by atoms with E-state index in [-0.39, 0.29) is 5.91 Å².